The van der Waals surface area contributed by atoms with E-state index in [1.165, 1.54) is 30.8 Å². The molecule has 0 bridgehead atoms. The summed E-state index contributed by atoms with van der Waals surface area (Å²) in [6.45, 7) is 13.3. The SMILES string of the molecule is CC(C)C[C@H](C(=O)OC(C)C(=O)OCc1ccccc1)N(C)C(=O)[C@@H](Cc1ccc(N2CCOCC2)cc1)OC(=O)[C@H](CC1CC1)N(C)C(=O)OC(C)(C)C. The van der Waals surface area contributed by atoms with Crippen molar-refractivity contribution in [1.82, 2.24) is 9.80 Å². The molecule has 0 spiro atoms. The van der Waals surface area contributed by atoms with Crippen LogP contribution in [0.4, 0.5) is 10.5 Å². The van der Waals surface area contributed by atoms with E-state index in [0.29, 0.717) is 19.6 Å². The highest BCUT2D eigenvalue weighted by Crippen LogP contribution is 2.35. The van der Waals surface area contributed by atoms with Crippen molar-refractivity contribution >= 4 is 35.6 Å². The van der Waals surface area contributed by atoms with Crippen LogP contribution >= 0.6 is 0 Å². The third kappa shape index (κ3) is 13.6. The fourth-order valence-electron chi connectivity index (χ4n) is 6.21. The first kappa shape index (κ1) is 43.1. The Labute approximate surface area is 325 Å². The molecule has 0 aromatic heterocycles. The van der Waals surface area contributed by atoms with Crippen LogP contribution in [0.15, 0.2) is 54.6 Å². The third-order valence-electron chi connectivity index (χ3n) is 9.57. The van der Waals surface area contributed by atoms with Crippen LogP contribution in [0.1, 0.15) is 78.4 Å². The number of amides is 2. The van der Waals surface area contributed by atoms with Crippen LogP contribution in [0.3, 0.4) is 0 Å². The summed E-state index contributed by atoms with van der Waals surface area (Å²) >= 11 is 0. The second kappa shape index (κ2) is 19.8. The van der Waals surface area contributed by atoms with Gasteiger partial charge >= 0.3 is 24.0 Å². The van der Waals surface area contributed by atoms with Crippen LogP contribution in [-0.2, 0) is 55.9 Å². The molecule has 0 N–H and O–H groups in total. The predicted octanol–water partition coefficient (Wildman–Crippen LogP) is 5.56. The second-order valence-electron chi connectivity index (χ2n) is 15.9. The molecule has 2 aliphatic rings. The molecule has 1 aliphatic carbocycles. The summed E-state index contributed by atoms with van der Waals surface area (Å²) in [6.07, 6.45) is -0.835. The van der Waals surface area contributed by atoms with Crippen molar-refractivity contribution in [2.75, 3.05) is 45.3 Å². The summed E-state index contributed by atoms with van der Waals surface area (Å²) in [4.78, 5) is 72.9. The molecule has 13 heteroatoms. The first-order valence-corrected chi connectivity index (χ1v) is 19.3. The summed E-state index contributed by atoms with van der Waals surface area (Å²) in [6, 6.07) is 14.7. The van der Waals surface area contributed by atoms with E-state index in [4.69, 9.17) is 23.7 Å². The van der Waals surface area contributed by atoms with E-state index in [9.17, 15) is 24.0 Å². The molecular weight excluding hydrogens is 706 g/mol. The van der Waals surface area contributed by atoms with Crippen molar-refractivity contribution in [1.29, 1.82) is 0 Å². The number of anilines is 1. The Morgan fingerprint density at radius 2 is 1.42 bits per heavy atom. The summed E-state index contributed by atoms with van der Waals surface area (Å²) in [5, 5.41) is 0. The maximum absolute atomic E-state index is 14.5. The molecule has 1 heterocycles. The Balaban J connectivity index is 1.56. The van der Waals surface area contributed by atoms with Crippen molar-refractivity contribution in [3.05, 3.63) is 65.7 Å². The Bertz CT molecular complexity index is 1580. The van der Waals surface area contributed by atoms with Gasteiger partial charge in [0.15, 0.2) is 12.2 Å². The minimum absolute atomic E-state index is 0.0102. The fraction of sp³-hybridized carbons (Fsp3) is 0.595. The van der Waals surface area contributed by atoms with Gasteiger partial charge < -0.3 is 33.5 Å². The lowest BCUT2D eigenvalue weighted by molar-refractivity contribution is -0.174. The number of esters is 3. The quantitative estimate of drug-likeness (QED) is 0.148. The molecule has 302 valence electrons. The van der Waals surface area contributed by atoms with Crippen molar-refractivity contribution in [3.8, 4) is 0 Å². The van der Waals surface area contributed by atoms with E-state index in [1.807, 2.05) is 68.4 Å². The van der Waals surface area contributed by atoms with Gasteiger partial charge in [0.2, 0.25) is 0 Å². The second-order valence-corrected chi connectivity index (χ2v) is 15.9. The number of benzene rings is 2. The topological polar surface area (TPSA) is 141 Å². The molecule has 2 aromatic rings. The first-order valence-electron chi connectivity index (χ1n) is 19.3. The average molecular weight is 766 g/mol. The van der Waals surface area contributed by atoms with Crippen LogP contribution in [0, 0.1) is 11.8 Å². The minimum Gasteiger partial charge on any atom is -0.458 e. The van der Waals surface area contributed by atoms with Gasteiger partial charge in [-0.15, -0.1) is 0 Å². The Kier molecular flexibility index (Phi) is 15.5. The molecule has 1 aliphatic heterocycles. The van der Waals surface area contributed by atoms with Crippen LogP contribution in [0.2, 0.25) is 0 Å². The van der Waals surface area contributed by atoms with Crippen molar-refractivity contribution in [2.45, 2.75) is 110 Å². The summed E-state index contributed by atoms with van der Waals surface area (Å²) in [5.74, 6) is -2.69. The van der Waals surface area contributed by atoms with E-state index >= 15 is 0 Å². The number of ether oxygens (including phenoxy) is 5. The normalized spacial score (nSPS) is 16.6. The Hall–Kier alpha value is -4.65. The standard InChI is InChI=1S/C42H59N3O10/c1-28(2)24-34(39(48)53-29(3)38(47)52-27-32-12-10-9-11-13-32)43(7)37(46)36(26-31-16-18-33(19-17-31)45-20-22-51-23-21-45)54-40(49)35(25-30-14-15-30)44(8)41(50)55-42(4,5)6/h9-13,16-19,28-30,34-36H,14-15,20-27H2,1-8H3/t29?,34-,35+,36-/m1/s1. The maximum Gasteiger partial charge on any atom is 0.410 e. The number of rotatable bonds is 17. The highest BCUT2D eigenvalue weighted by atomic mass is 16.6. The number of morpholine rings is 1. The molecule has 4 atom stereocenters. The average Bonchev–Trinajstić information content (AvgIpc) is 3.98. The van der Waals surface area contributed by atoms with E-state index in [-0.39, 0.29) is 31.3 Å². The van der Waals surface area contributed by atoms with Crippen molar-refractivity contribution < 1.29 is 47.7 Å². The largest absolute Gasteiger partial charge is 0.458 e. The van der Waals surface area contributed by atoms with Gasteiger partial charge in [0, 0.05) is 39.3 Å². The summed E-state index contributed by atoms with van der Waals surface area (Å²) in [5.41, 5.74) is 1.73. The molecule has 13 nitrogen and oxygen atoms in total. The summed E-state index contributed by atoms with van der Waals surface area (Å²) in [7, 11) is 2.96. The van der Waals surface area contributed by atoms with Crippen molar-refractivity contribution in [3.63, 3.8) is 0 Å². The lowest BCUT2D eigenvalue weighted by atomic mass is 10.0. The molecular formula is C42H59N3O10. The van der Waals surface area contributed by atoms with E-state index in [1.54, 1.807) is 20.8 Å². The number of carbonyl (C=O) groups excluding carboxylic acids is 5. The molecule has 55 heavy (non-hydrogen) atoms. The van der Waals surface area contributed by atoms with Crippen LogP contribution in [-0.4, -0.2) is 110 Å². The number of hydrogen-bond donors (Lipinski definition) is 0. The zero-order chi connectivity index (χ0) is 40.3. The molecule has 2 fully saturated rings. The maximum atomic E-state index is 14.5. The van der Waals surface area contributed by atoms with Crippen LogP contribution in [0.25, 0.3) is 0 Å². The zero-order valence-corrected chi connectivity index (χ0v) is 33.7. The number of likely N-dealkylation sites (N-methyl/N-ethyl adjacent to an activating group) is 2. The van der Waals surface area contributed by atoms with E-state index < -0.39 is 59.8 Å². The van der Waals surface area contributed by atoms with Gasteiger partial charge in [0.1, 0.15) is 24.3 Å². The first-order chi connectivity index (χ1) is 26.0. The highest BCUT2D eigenvalue weighted by Gasteiger charge is 2.41. The fourth-order valence-corrected chi connectivity index (χ4v) is 6.21. The van der Waals surface area contributed by atoms with E-state index in [2.05, 4.69) is 4.90 Å². The highest BCUT2D eigenvalue weighted by molar-refractivity contribution is 5.90. The van der Waals surface area contributed by atoms with Gasteiger partial charge in [0.25, 0.3) is 5.91 Å². The number of nitrogens with zero attached hydrogens (tertiary/aromatic N) is 3. The van der Waals surface area contributed by atoms with Gasteiger partial charge in [-0.2, -0.15) is 0 Å². The van der Waals surface area contributed by atoms with Gasteiger partial charge in [-0.25, -0.2) is 19.2 Å². The molecule has 0 radical (unpaired) electrons. The van der Waals surface area contributed by atoms with Gasteiger partial charge in [0.05, 0.1) is 13.2 Å². The zero-order valence-electron chi connectivity index (χ0n) is 33.7. The van der Waals surface area contributed by atoms with Gasteiger partial charge in [-0.3, -0.25) is 9.69 Å². The monoisotopic (exact) mass is 765 g/mol. The van der Waals surface area contributed by atoms with Gasteiger partial charge in [-0.05, 0) is 75.6 Å². The molecule has 1 saturated carbocycles. The molecule has 2 aromatic carbocycles. The Morgan fingerprint density at radius 3 is 2.00 bits per heavy atom. The minimum atomic E-state index is -1.35. The molecule has 1 unspecified atom stereocenters. The lowest BCUT2D eigenvalue weighted by Crippen LogP contribution is -2.52. The summed E-state index contributed by atoms with van der Waals surface area (Å²) < 4.78 is 28.1. The number of hydrogen-bond acceptors (Lipinski definition) is 11. The van der Waals surface area contributed by atoms with Gasteiger partial charge in [-0.1, -0.05) is 69.2 Å². The third-order valence-corrected chi connectivity index (χ3v) is 9.57. The molecule has 4 rings (SSSR count). The molecule has 2 amide bonds. The lowest BCUT2D eigenvalue weighted by Gasteiger charge is -2.33. The molecule has 1 saturated heterocycles. The van der Waals surface area contributed by atoms with Crippen LogP contribution < -0.4 is 4.90 Å². The smallest absolute Gasteiger partial charge is 0.410 e. The van der Waals surface area contributed by atoms with E-state index in [0.717, 1.165) is 42.7 Å². The predicted molar refractivity (Wildman–Crippen MR) is 206 cm³/mol. The van der Waals surface area contributed by atoms with Crippen LogP contribution in [0.5, 0.6) is 0 Å². The number of carbonyl (C=O) groups is 5. The van der Waals surface area contributed by atoms with Crippen molar-refractivity contribution in [2.24, 2.45) is 11.8 Å². The Morgan fingerprint density at radius 1 is 0.800 bits per heavy atom.